The van der Waals surface area contributed by atoms with Crippen LogP contribution in [0.3, 0.4) is 0 Å². The number of ether oxygens (including phenoxy) is 1. The number of piperidine rings is 1. The summed E-state index contributed by atoms with van der Waals surface area (Å²) in [5.74, 6) is 0. The third-order valence-corrected chi connectivity index (χ3v) is 3.07. The number of hydrogen-bond acceptors (Lipinski definition) is 3. The van der Waals surface area contributed by atoms with Crippen molar-refractivity contribution in [2.24, 2.45) is 0 Å². The Kier molecular flexibility index (Phi) is 3.46. The van der Waals surface area contributed by atoms with Crippen LogP contribution >= 0.6 is 0 Å². The highest BCUT2D eigenvalue weighted by molar-refractivity contribution is 5.01. The van der Waals surface area contributed by atoms with Crippen molar-refractivity contribution in [1.82, 2.24) is 5.06 Å². The van der Waals surface area contributed by atoms with Crippen molar-refractivity contribution in [3.05, 3.63) is 5.21 Å². The molecule has 1 rings (SSSR count). The second kappa shape index (κ2) is 3.97. The lowest BCUT2D eigenvalue weighted by Gasteiger charge is -2.60. The fraction of sp³-hybridized carbons (Fsp3) is 1.00. The van der Waals surface area contributed by atoms with Gasteiger partial charge in [-0.15, -0.1) is 0 Å². The Morgan fingerprint density at radius 1 is 1.06 bits per heavy atom. The molecule has 16 heavy (non-hydrogen) atoms. The summed E-state index contributed by atoms with van der Waals surface area (Å²) in [7, 11) is 0. The maximum Gasteiger partial charge on any atom is 0.0616 e. The van der Waals surface area contributed by atoms with Gasteiger partial charge in [-0.3, -0.25) is 0 Å². The Morgan fingerprint density at radius 3 is 1.75 bits per heavy atom. The summed E-state index contributed by atoms with van der Waals surface area (Å²) in [5.41, 5.74) is -0.808. The lowest BCUT2D eigenvalue weighted by molar-refractivity contribution is -0.130. The molecule has 0 bridgehead atoms. The standard InChI is InChI=1S/C13H26NO2/c1-11(2,3)16-10-8-12(4,5)14(15)13(6,7)9-10/h10H,8-9H2,1-7H3/q-1. The van der Waals surface area contributed by atoms with Crippen LogP contribution in [0, 0.1) is 5.21 Å². The second-order valence-corrected chi connectivity index (χ2v) is 7.18. The molecule has 0 saturated carbocycles. The number of hydrogen-bond donors (Lipinski definition) is 0. The van der Waals surface area contributed by atoms with Crippen LogP contribution < -0.4 is 0 Å². The van der Waals surface area contributed by atoms with E-state index in [4.69, 9.17) is 4.74 Å². The summed E-state index contributed by atoms with van der Waals surface area (Å²) < 4.78 is 6.03. The van der Waals surface area contributed by atoms with Gasteiger partial charge in [-0.25, -0.2) is 0 Å². The molecule has 0 aliphatic carbocycles. The van der Waals surface area contributed by atoms with E-state index < -0.39 is 0 Å². The predicted octanol–water partition coefficient (Wildman–Crippen LogP) is 3.32. The quantitative estimate of drug-likeness (QED) is 0.690. The van der Waals surface area contributed by atoms with Gasteiger partial charge in [0.05, 0.1) is 11.7 Å². The highest BCUT2D eigenvalue weighted by Crippen LogP contribution is 2.39. The summed E-state index contributed by atoms with van der Waals surface area (Å²) in [6.07, 6.45) is 1.78. The Bertz CT molecular complexity index is 235. The van der Waals surface area contributed by atoms with E-state index in [2.05, 4.69) is 20.8 Å². The molecule has 0 radical (unpaired) electrons. The highest BCUT2D eigenvalue weighted by atomic mass is 16.5. The zero-order valence-electron chi connectivity index (χ0n) is 11.8. The summed E-state index contributed by atoms with van der Waals surface area (Å²) >= 11 is 0. The summed E-state index contributed by atoms with van der Waals surface area (Å²) in [6.45, 7) is 14.2. The molecule has 1 heterocycles. The minimum atomic E-state index is -0.336. The molecule has 0 atom stereocenters. The lowest BCUT2D eigenvalue weighted by atomic mass is 9.80. The Hall–Kier alpha value is -0.120. The first-order valence-corrected chi connectivity index (χ1v) is 6.09. The Balaban J connectivity index is 2.79. The first-order chi connectivity index (χ1) is 6.94. The zero-order chi connectivity index (χ0) is 12.8. The van der Waals surface area contributed by atoms with Crippen molar-refractivity contribution in [3.8, 4) is 0 Å². The molecule has 1 aliphatic rings. The van der Waals surface area contributed by atoms with Crippen LogP contribution in [0.1, 0.15) is 61.3 Å². The van der Waals surface area contributed by atoms with Crippen LogP contribution in [-0.2, 0) is 4.74 Å². The topological polar surface area (TPSA) is 35.5 Å². The average Bonchev–Trinajstić information content (AvgIpc) is 1.95. The molecular formula is C13H26NO2-. The third kappa shape index (κ3) is 3.19. The van der Waals surface area contributed by atoms with Gasteiger partial charge >= 0.3 is 0 Å². The Morgan fingerprint density at radius 2 is 1.44 bits per heavy atom. The maximum atomic E-state index is 12.1. The van der Waals surface area contributed by atoms with Gasteiger partial charge < -0.3 is 15.0 Å². The second-order valence-electron chi connectivity index (χ2n) is 7.18. The van der Waals surface area contributed by atoms with Gasteiger partial charge in [0, 0.05) is 11.1 Å². The van der Waals surface area contributed by atoms with E-state index in [0.29, 0.717) is 0 Å². The summed E-state index contributed by atoms with van der Waals surface area (Å²) in [4.78, 5) is 0. The van der Waals surface area contributed by atoms with Gasteiger partial charge in [-0.1, -0.05) is 0 Å². The first kappa shape index (κ1) is 13.9. The van der Waals surface area contributed by atoms with Crippen molar-refractivity contribution >= 4 is 0 Å². The molecule has 3 heteroatoms. The third-order valence-electron chi connectivity index (χ3n) is 3.07. The molecule has 0 aromatic rings. The monoisotopic (exact) mass is 228 g/mol. The molecule has 0 aromatic heterocycles. The van der Waals surface area contributed by atoms with E-state index in [9.17, 15) is 5.21 Å². The fourth-order valence-corrected chi connectivity index (χ4v) is 2.75. The van der Waals surface area contributed by atoms with Crippen molar-refractivity contribution in [1.29, 1.82) is 0 Å². The predicted molar refractivity (Wildman–Crippen MR) is 67.2 cm³/mol. The summed E-state index contributed by atoms with van der Waals surface area (Å²) in [5, 5.41) is 13.4. The molecule has 1 fully saturated rings. The largest absolute Gasteiger partial charge is 0.784 e. The normalized spacial score (nSPS) is 27.0. The number of nitrogens with zero attached hydrogens (tertiary/aromatic N) is 1. The van der Waals surface area contributed by atoms with E-state index in [1.807, 2.05) is 27.7 Å². The van der Waals surface area contributed by atoms with Crippen LogP contribution in [0.25, 0.3) is 0 Å². The van der Waals surface area contributed by atoms with E-state index in [1.165, 1.54) is 5.06 Å². The van der Waals surface area contributed by atoms with Gasteiger partial charge in [-0.05, 0) is 61.3 Å². The van der Waals surface area contributed by atoms with Gasteiger partial charge in [0.15, 0.2) is 0 Å². The van der Waals surface area contributed by atoms with Gasteiger partial charge in [-0.2, -0.15) is 0 Å². The molecule has 0 N–H and O–H groups in total. The van der Waals surface area contributed by atoms with Crippen LogP contribution in [0.4, 0.5) is 0 Å². The molecular weight excluding hydrogens is 202 g/mol. The molecule has 0 amide bonds. The first-order valence-electron chi connectivity index (χ1n) is 6.09. The maximum absolute atomic E-state index is 12.1. The smallest absolute Gasteiger partial charge is 0.0616 e. The lowest BCUT2D eigenvalue weighted by Crippen LogP contribution is -2.60. The zero-order valence-corrected chi connectivity index (χ0v) is 11.8. The van der Waals surface area contributed by atoms with Crippen molar-refractivity contribution in [2.75, 3.05) is 0 Å². The number of rotatable bonds is 1. The SMILES string of the molecule is CC(C)(C)OC1CC(C)(C)N([O-])C(C)(C)C1. The van der Waals surface area contributed by atoms with Gasteiger partial charge in [0.2, 0.25) is 0 Å². The minimum Gasteiger partial charge on any atom is -0.784 e. The summed E-state index contributed by atoms with van der Waals surface area (Å²) in [6, 6.07) is 0. The van der Waals surface area contributed by atoms with Crippen LogP contribution in [0.15, 0.2) is 0 Å². The molecule has 1 aliphatic heterocycles. The molecule has 0 unspecified atom stereocenters. The van der Waals surface area contributed by atoms with E-state index >= 15 is 0 Å². The van der Waals surface area contributed by atoms with Crippen molar-refractivity contribution in [2.45, 2.75) is 84.1 Å². The fourth-order valence-electron chi connectivity index (χ4n) is 2.75. The molecule has 3 nitrogen and oxygen atoms in total. The van der Waals surface area contributed by atoms with Crippen LogP contribution in [0.5, 0.6) is 0 Å². The molecule has 0 spiro atoms. The van der Waals surface area contributed by atoms with Crippen molar-refractivity contribution < 1.29 is 4.74 Å². The van der Waals surface area contributed by atoms with Gasteiger partial charge in [0.1, 0.15) is 0 Å². The van der Waals surface area contributed by atoms with E-state index in [1.54, 1.807) is 0 Å². The van der Waals surface area contributed by atoms with E-state index in [-0.39, 0.29) is 22.8 Å². The van der Waals surface area contributed by atoms with Crippen molar-refractivity contribution in [3.63, 3.8) is 0 Å². The van der Waals surface area contributed by atoms with E-state index in [0.717, 1.165) is 12.8 Å². The van der Waals surface area contributed by atoms with Gasteiger partial charge in [0.25, 0.3) is 0 Å². The average molecular weight is 228 g/mol. The number of hydroxylamine groups is 2. The molecule has 96 valence electrons. The van der Waals surface area contributed by atoms with Crippen LogP contribution in [0.2, 0.25) is 0 Å². The molecule has 1 saturated heterocycles. The molecule has 0 aromatic carbocycles. The minimum absolute atomic E-state index is 0.137. The highest BCUT2D eigenvalue weighted by Gasteiger charge is 2.41. The van der Waals surface area contributed by atoms with Crippen LogP contribution in [-0.4, -0.2) is 27.8 Å². The Labute approximate surface area is 99.7 Å².